The van der Waals surface area contributed by atoms with Crippen LogP contribution in [0.3, 0.4) is 0 Å². The number of allylic oxidation sites excluding steroid dienone is 22. The van der Waals surface area contributed by atoms with Gasteiger partial charge in [0.2, 0.25) is 0 Å². The minimum Gasteiger partial charge on any atom is -0.462 e. The maximum absolute atomic E-state index is 12.8. The minimum absolute atomic E-state index is 0.125. The van der Waals surface area contributed by atoms with Crippen LogP contribution in [0.15, 0.2) is 134 Å². The molecule has 0 aromatic heterocycles. The van der Waals surface area contributed by atoms with Crippen molar-refractivity contribution in [3.05, 3.63) is 134 Å². The Balaban J connectivity index is 4.59. The van der Waals surface area contributed by atoms with Gasteiger partial charge in [-0.3, -0.25) is 14.4 Å². The predicted octanol–water partition coefficient (Wildman–Crippen LogP) is 17.9. The molecule has 67 heavy (non-hydrogen) atoms. The van der Waals surface area contributed by atoms with Crippen LogP contribution in [0.5, 0.6) is 0 Å². The lowest BCUT2D eigenvalue weighted by atomic mass is 10.1. The van der Waals surface area contributed by atoms with Crippen molar-refractivity contribution in [2.24, 2.45) is 0 Å². The van der Waals surface area contributed by atoms with E-state index >= 15 is 0 Å². The highest BCUT2D eigenvalue weighted by Crippen LogP contribution is 2.13. The molecule has 0 aromatic rings. The molecule has 1 atom stereocenters. The third-order valence-corrected chi connectivity index (χ3v) is 10.7. The number of hydrogen-bond acceptors (Lipinski definition) is 6. The van der Waals surface area contributed by atoms with Crippen LogP contribution < -0.4 is 0 Å². The van der Waals surface area contributed by atoms with E-state index in [4.69, 9.17) is 14.2 Å². The Hall–Kier alpha value is -4.45. The molecule has 376 valence electrons. The number of hydrogen-bond donors (Lipinski definition) is 0. The lowest BCUT2D eigenvalue weighted by Crippen LogP contribution is -2.30. The van der Waals surface area contributed by atoms with Crippen LogP contribution in [0.25, 0.3) is 0 Å². The van der Waals surface area contributed by atoms with E-state index in [1.165, 1.54) is 70.6 Å². The molecule has 1 unspecified atom stereocenters. The molecule has 0 spiro atoms. The van der Waals surface area contributed by atoms with Crippen molar-refractivity contribution in [2.45, 2.75) is 219 Å². The number of ether oxygens (including phenoxy) is 3. The van der Waals surface area contributed by atoms with Gasteiger partial charge in [-0.1, -0.05) is 219 Å². The number of esters is 3. The first-order chi connectivity index (χ1) is 33.0. The molecule has 0 aliphatic carbocycles. The fourth-order valence-electron chi connectivity index (χ4n) is 6.72. The summed E-state index contributed by atoms with van der Waals surface area (Å²) in [5, 5.41) is 0. The fraction of sp³-hybridized carbons (Fsp3) is 0.590. The third-order valence-electron chi connectivity index (χ3n) is 10.7. The summed E-state index contributed by atoms with van der Waals surface area (Å²) >= 11 is 0. The molecule has 0 saturated heterocycles. The molecular formula is C61H96O6. The smallest absolute Gasteiger partial charge is 0.306 e. The van der Waals surface area contributed by atoms with Crippen molar-refractivity contribution in [3.8, 4) is 0 Å². The van der Waals surface area contributed by atoms with E-state index in [0.717, 1.165) is 96.3 Å². The molecular weight excluding hydrogens is 829 g/mol. The Labute approximate surface area is 411 Å². The summed E-state index contributed by atoms with van der Waals surface area (Å²) in [5.41, 5.74) is 0. The van der Waals surface area contributed by atoms with Crippen molar-refractivity contribution in [2.75, 3.05) is 13.2 Å². The van der Waals surface area contributed by atoms with Gasteiger partial charge in [0.1, 0.15) is 13.2 Å². The number of rotatable bonds is 46. The Morgan fingerprint density at radius 2 is 0.657 bits per heavy atom. The van der Waals surface area contributed by atoms with E-state index in [1.54, 1.807) is 0 Å². The van der Waals surface area contributed by atoms with Gasteiger partial charge in [0.25, 0.3) is 0 Å². The molecule has 0 heterocycles. The molecule has 0 fully saturated rings. The zero-order valence-corrected chi connectivity index (χ0v) is 42.9. The van der Waals surface area contributed by atoms with Gasteiger partial charge in [-0.05, 0) is 109 Å². The Morgan fingerprint density at radius 1 is 0.328 bits per heavy atom. The summed E-state index contributed by atoms with van der Waals surface area (Å²) in [6, 6.07) is 0. The topological polar surface area (TPSA) is 78.9 Å². The van der Waals surface area contributed by atoms with Gasteiger partial charge in [0, 0.05) is 19.3 Å². The average molecular weight is 925 g/mol. The SMILES string of the molecule is CC\C=C/C=C\C=C/C=C\C=C/CCCCCC(=O)OCC(COC(=O)CCC/C=C\C/C=C\C/C=C\C/C=C\CCCCC)OC(=O)CCCCCCCCC/C=C\C/C=C\CCCCC. The predicted molar refractivity (Wildman–Crippen MR) is 288 cm³/mol. The van der Waals surface area contributed by atoms with Crippen LogP contribution >= 0.6 is 0 Å². The van der Waals surface area contributed by atoms with E-state index in [2.05, 4.69) is 106 Å². The van der Waals surface area contributed by atoms with Gasteiger partial charge >= 0.3 is 17.9 Å². The molecule has 0 amide bonds. The van der Waals surface area contributed by atoms with E-state index in [9.17, 15) is 14.4 Å². The highest BCUT2D eigenvalue weighted by atomic mass is 16.6. The van der Waals surface area contributed by atoms with E-state index < -0.39 is 6.10 Å². The zero-order chi connectivity index (χ0) is 48.6. The van der Waals surface area contributed by atoms with E-state index in [1.807, 2.05) is 48.6 Å². The summed E-state index contributed by atoms with van der Waals surface area (Å²) in [5.74, 6) is -1.04. The standard InChI is InChI=1S/C61H96O6/c1-4-7-10-13-16-19-22-25-28-30-33-36-39-42-45-48-51-54-60(63)66-57-58(56-65-59(62)53-50-47-44-41-38-35-32-27-24-21-18-15-12-9-6-3)67-61(64)55-52-49-46-43-40-37-34-31-29-26-23-20-17-14-11-8-5-2/h9,12,15-21,24-29,32-33,35-36,38,42,45,58H,4-8,10-11,13-14,22-23,30-31,34,37,39-41,43-44,46-57H2,1-3H3/b12-9-,18-15-,19-16-,20-17-,24-21-,28-25-,29-26-,32-27-,36-33-,38-35-,45-42-. The second-order valence-corrected chi connectivity index (χ2v) is 17.2. The molecule has 0 bridgehead atoms. The zero-order valence-electron chi connectivity index (χ0n) is 42.9. The monoisotopic (exact) mass is 925 g/mol. The third kappa shape index (κ3) is 52.4. The molecule has 0 aliphatic rings. The van der Waals surface area contributed by atoms with Gasteiger partial charge in [-0.15, -0.1) is 0 Å². The average Bonchev–Trinajstić information content (AvgIpc) is 3.33. The lowest BCUT2D eigenvalue weighted by Gasteiger charge is -2.18. The maximum Gasteiger partial charge on any atom is 0.306 e. The van der Waals surface area contributed by atoms with Crippen molar-refractivity contribution in [1.29, 1.82) is 0 Å². The largest absolute Gasteiger partial charge is 0.462 e. The number of carbonyl (C=O) groups excluding carboxylic acids is 3. The molecule has 0 aromatic carbocycles. The highest BCUT2D eigenvalue weighted by molar-refractivity contribution is 5.71. The summed E-state index contributed by atoms with van der Waals surface area (Å²) in [6.45, 7) is 6.33. The quantitative estimate of drug-likeness (QED) is 0.0199. The Bertz CT molecular complexity index is 1480. The normalized spacial score (nSPS) is 13.2. The van der Waals surface area contributed by atoms with Gasteiger partial charge in [0.15, 0.2) is 6.10 Å². The van der Waals surface area contributed by atoms with Crippen LogP contribution in [0.4, 0.5) is 0 Å². The first-order valence-electron chi connectivity index (χ1n) is 26.8. The summed E-state index contributed by atoms with van der Waals surface area (Å²) in [4.78, 5) is 38.0. The highest BCUT2D eigenvalue weighted by Gasteiger charge is 2.19. The van der Waals surface area contributed by atoms with Gasteiger partial charge in [0.05, 0.1) is 0 Å². The van der Waals surface area contributed by atoms with Crippen LogP contribution in [0.1, 0.15) is 213 Å². The van der Waals surface area contributed by atoms with Gasteiger partial charge in [-0.25, -0.2) is 0 Å². The molecule has 6 heteroatoms. The molecule has 6 nitrogen and oxygen atoms in total. The Morgan fingerprint density at radius 3 is 1.12 bits per heavy atom. The van der Waals surface area contributed by atoms with E-state index in [-0.39, 0.29) is 37.5 Å². The molecule has 0 rings (SSSR count). The lowest BCUT2D eigenvalue weighted by molar-refractivity contribution is -0.167. The molecule has 0 saturated carbocycles. The first-order valence-corrected chi connectivity index (χ1v) is 26.8. The second-order valence-electron chi connectivity index (χ2n) is 17.2. The minimum atomic E-state index is -0.827. The fourth-order valence-corrected chi connectivity index (χ4v) is 6.72. The Kier molecular flexibility index (Phi) is 50.6. The van der Waals surface area contributed by atoms with E-state index in [0.29, 0.717) is 19.3 Å². The second kappa shape index (κ2) is 54.2. The van der Waals surface area contributed by atoms with Crippen molar-refractivity contribution in [3.63, 3.8) is 0 Å². The maximum atomic E-state index is 12.8. The molecule has 0 radical (unpaired) electrons. The van der Waals surface area contributed by atoms with Crippen molar-refractivity contribution < 1.29 is 28.6 Å². The number of carbonyl (C=O) groups is 3. The van der Waals surface area contributed by atoms with Crippen LogP contribution in [0, 0.1) is 0 Å². The summed E-state index contributed by atoms with van der Waals surface area (Å²) in [6.07, 6.45) is 75.8. The summed E-state index contributed by atoms with van der Waals surface area (Å²) < 4.78 is 16.7. The van der Waals surface area contributed by atoms with Crippen LogP contribution in [-0.2, 0) is 28.6 Å². The van der Waals surface area contributed by atoms with Crippen LogP contribution in [0.2, 0.25) is 0 Å². The van der Waals surface area contributed by atoms with Gasteiger partial charge in [-0.2, -0.15) is 0 Å². The molecule has 0 N–H and O–H groups in total. The summed E-state index contributed by atoms with van der Waals surface area (Å²) in [7, 11) is 0. The van der Waals surface area contributed by atoms with Crippen molar-refractivity contribution >= 4 is 17.9 Å². The van der Waals surface area contributed by atoms with Gasteiger partial charge < -0.3 is 14.2 Å². The molecule has 0 aliphatic heterocycles. The van der Waals surface area contributed by atoms with Crippen molar-refractivity contribution in [1.82, 2.24) is 0 Å². The van der Waals surface area contributed by atoms with Crippen LogP contribution in [-0.4, -0.2) is 37.2 Å². The first kappa shape index (κ1) is 62.5. The number of unbranched alkanes of at least 4 members (excludes halogenated alkanes) is 17.